The van der Waals surface area contributed by atoms with E-state index >= 15 is 0 Å². The molecule has 2 N–H and O–H groups in total. The summed E-state index contributed by atoms with van der Waals surface area (Å²) in [5.41, 5.74) is 2.39. The summed E-state index contributed by atoms with van der Waals surface area (Å²) in [5.74, 6) is 2.33. The molecule has 2 aromatic rings. The lowest BCUT2D eigenvalue weighted by Gasteiger charge is -2.20. The molecule has 2 rings (SSSR count). The summed E-state index contributed by atoms with van der Waals surface area (Å²) in [5, 5.41) is 13.0. The van der Waals surface area contributed by atoms with Crippen molar-refractivity contribution >= 4 is 11.8 Å². The van der Waals surface area contributed by atoms with E-state index in [1.165, 1.54) is 5.56 Å². The maximum Gasteiger partial charge on any atom is 0.115 e. The minimum Gasteiger partial charge on any atom is -0.508 e. The van der Waals surface area contributed by atoms with Crippen molar-refractivity contribution in [2.75, 3.05) is 18.1 Å². The SMILES string of the molecule is C=CCSCCNC(c1ccccc1)c1ccc(O)cc1. The van der Waals surface area contributed by atoms with Crippen molar-refractivity contribution in [3.05, 3.63) is 78.4 Å². The van der Waals surface area contributed by atoms with Crippen molar-refractivity contribution in [2.45, 2.75) is 6.04 Å². The molecule has 2 aromatic carbocycles. The molecule has 0 radical (unpaired) electrons. The highest BCUT2D eigenvalue weighted by atomic mass is 32.2. The predicted octanol–water partition coefficient (Wildman–Crippen LogP) is 3.99. The van der Waals surface area contributed by atoms with E-state index in [0.717, 1.165) is 23.6 Å². The summed E-state index contributed by atoms with van der Waals surface area (Å²) in [4.78, 5) is 0. The van der Waals surface area contributed by atoms with Crippen molar-refractivity contribution in [3.63, 3.8) is 0 Å². The van der Waals surface area contributed by atoms with Gasteiger partial charge >= 0.3 is 0 Å². The van der Waals surface area contributed by atoms with Gasteiger partial charge in [-0.15, -0.1) is 6.58 Å². The minimum absolute atomic E-state index is 0.149. The number of nitrogens with one attached hydrogen (secondary N) is 1. The number of thioether (sulfide) groups is 1. The second kappa shape index (κ2) is 8.55. The largest absolute Gasteiger partial charge is 0.508 e. The summed E-state index contributed by atoms with van der Waals surface area (Å²) < 4.78 is 0. The van der Waals surface area contributed by atoms with Gasteiger partial charge in [0.1, 0.15) is 5.75 Å². The fourth-order valence-corrected chi connectivity index (χ4v) is 2.78. The number of phenols is 1. The van der Waals surface area contributed by atoms with Crippen molar-refractivity contribution in [1.82, 2.24) is 5.32 Å². The van der Waals surface area contributed by atoms with Gasteiger partial charge in [-0.1, -0.05) is 48.5 Å². The molecule has 2 nitrogen and oxygen atoms in total. The smallest absolute Gasteiger partial charge is 0.115 e. The molecule has 0 aliphatic carbocycles. The van der Waals surface area contributed by atoms with Gasteiger partial charge in [-0.3, -0.25) is 0 Å². The van der Waals surface area contributed by atoms with Gasteiger partial charge < -0.3 is 10.4 Å². The molecule has 0 amide bonds. The number of hydrogen-bond acceptors (Lipinski definition) is 3. The van der Waals surface area contributed by atoms with Crippen LogP contribution in [0.2, 0.25) is 0 Å². The van der Waals surface area contributed by atoms with E-state index in [-0.39, 0.29) is 6.04 Å². The van der Waals surface area contributed by atoms with Crippen molar-refractivity contribution in [3.8, 4) is 5.75 Å². The number of benzene rings is 2. The fourth-order valence-electron chi connectivity index (χ4n) is 2.18. The van der Waals surface area contributed by atoms with Gasteiger partial charge in [0, 0.05) is 18.1 Å². The summed E-state index contributed by atoms with van der Waals surface area (Å²) in [6.07, 6.45) is 1.93. The monoisotopic (exact) mass is 299 g/mol. The Hall–Kier alpha value is -1.71. The van der Waals surface area contributed by atoms with Crippen molar-refractivity contribution in [2.24, 2.45) is 0 Å². The summed E-state index contributed by atoms with van der Waals surface area (Å²) in [6.45, 7) is 4.66. The fraction of sp³-hybridized carbons (Fsp3) is 0.222. The molecular formula is C18H21NOS. The Morgan fingerprint density at radius 1 is 1.05 bits per heavy atom. The molecule has 3 heteroatoms. The number of phenolic OH excluding ortho intramolecular Hbond substituents is 1. The molecule has 0 heterocycles. The maximum atomic E-state index is 9.45. The van der Waals surface area contributed by atoms with Gasteiger partial charge in [0.25, 0.3) is 0 Å². The standard InChI is InChI=1S/C18H21NOS/c1-2-13-21-14-12-19-18(15-6-4-3-5-7-15)16-8-10-17(20)11-9-16/h2-11,18-20H,1,12-14H2. The number of rotatable bonds is 8. The van der Waals surface area contributed by atoms with Gasteiger partial charge in [-0.25, -0.2) is 0 Å². The molecule has 0 aliphatic rings. The van der Waals surface area contributed by atoms with Crippen LogP contribution in [0, 0.1) is 0 Å². The van der Waals surface area contributed by atoms with Crippen molar-refractivity contribution < 1.29 is 5.11 Å². The Balaban J connectivity index is 2.07. The molecule has 21 heavy (non-hydrogen) atoms. The Bertz CT molecular complexity index is 539. The third-order valence-electron chi connectivity index (χ3n) is 3.19. The van der Waals surface area contributed by atoms with E-state index in [4.69, 9.17) is 0 Å². The Morgan fingerprint density at radius 2 is 1.71 bits per heavy atom. The zero-order valence-electron chi connectivity index (χ0n) is 12.0. The highest BCUT2D eigenvalue weighted by Gasteiger charge is 2.12. The van der Waals surface area contributed by atoms with Gasteiger partial charge in [0.05, 0.1) is 6.04 Å². The third kappa shape index (κ3) is 4.96. The average Bonchev–Trinajstić information content (AvgIpc) is 2.53. The van der Waals surface area contributed by atoms with Crippen LogP contribution >= 0.6 is 11.8 Å². The van der Waals surface area contributed by atoms with Crippen LogP contribution in [0.4, 0.5) is 0 Å². The lowest BCUT2D eigenvalue weighted by molar-refractivity contribution is 0.474. The highest BCUT2D eigenvalue weighted by molar-refractivity contribution is 7.99. The molecule has 0 aromatic heterocycles. The molecule has 0 spiro atoms. The van der Waals surface area contributed by atoms with Crippen molar-refractivity contribution in [1.29, 1.82) is 0 Å². The molecule has 1 unspecified atom stereocenters. The van der Waals surface area contributed by atoms with Gasteiger partial charge in [-0.05, 0) is 23.3 Å². The minimum atomic E-state index is 0.149. The van der Waals surface area contributed by atoms with Crippen LogP contribution in [0.1, 0.15) is 17.2 Å². The maximum absolute atomic E-state index is 9.45. The molecule has 1 atom stereocenters. The molecule has 0 saturated heterocycles. The van der Waals surface area contributed by atoms with Gasteiger partial charge in [0.2, 0.25) is 0 Å². The highest BCUT2D eigenvalue weighted by Crippen LogP contribution is 2.23. The zero-order valence-corrected chi connectivity index (χ0v) is 12.9. The van der Waals surface area contributed by atoms with Gasteiger partial charge in [0.15, 0.2) is 0 Å². The Morgan fingerprint density at radius 3 is 2.38 bits per heavy atom. The topological polar surface area (TPSA) is 32.3 Å². The van der Waals surface area contributed by atoms with E-state index in [1.54, 1.807) is 12.1 Å². The quantitative estimate of drug-likeness (QED) is 0.571. The first-order chi connectivity index (χ1) is 10.3. The number of aromatic hydroxyl groups is 1. The van der Waals surface area contributed by atoms with E-state index in [2.05, 4.69) is 36.2 Å². The Kier molecular flexibility index (Phi) is 6.38. The summed E-state index contributed by atoms with van der Waals surface area (Å²) in [6, 6.07) is 17.9. The van der Waals surface area contributed by atoms with Crippen LogP contribution in [0.5, 0.6) is 5.75 Å². The normalized spacial score (nSPS) is 12.0. The van der Waals surface area contributed by atoms with E-state index in [9.17, 15) is 5.11 Å². The second-order valence-corrected chi connectivity index (χ2v) is 5.90. The first-order valence-electron chi connectivity index (χ1n) is 7.07. The van der Waals surface area contributed by atoms with E-state index in [0.29, 0.717) is 5.75 Å². The van der Waals surface area contributed by atoms with Crippen LogP contribution < -0.4 is 5.32 Å². The molecule has 0 saturated carbocycles. The molecule has 0 bridgehead atoms. The molecule has 0 fully saturated rings. The first kappa shape index (κ1) is 15.7. The molecule has 0 aliphatic heterocycles. The molecule has 110 valence electrons. The third-order valence-corrected chi connectivity index (χ3v) is 4.15. The average molecular weight is 299 g/mol. The lowest BCUT2D eigenvalue weighted by atomic mass is 9.98. The van der Waals surface area contributed by atoms with E-state index in [1.807, 2.05) is 36.0 Å². The first-order valence-corrected chi connectivity index (χ1v) is 8.22. The van der Waals surface area contributed by atoms with Crippen LogP contribution in [0.25, 0.3) is 0 Å². The Labute approximate surface area is 130 Å². The summed E-state index contributed by atoms with van der Waals surface area (Å²) in [7, 11) is 0. The van der Waals surface area contributed by atoms with Crippen LogP contribution in [-0.4, -0.2) is 23.2 Å². The van der Waals surface area contributed by atoms with E-state index < -0.39 is 0 Å². The second-order valence-electron chi connectivity index (χ2n) is 4.75. The summed E-state index contributed by atoms with van der Waals surface area (Å²) >= 11 is 1.87. The number of hydrogen-bond donors (Lipinski definition) is 2. The van der Waals surface area contributed by atoms with Crippen LogP contribution in [0.15, 0.2) is 67.3 Å². The molecular weight excluding hydrogens is 278 g/mol. The lowest BCUT2D eigenvalue weighted by Crippen LogP contribution is -2.24. The zero-order chi connectivity index (χ0) is 14.9. The van der Waals surface area contributed by atoms with Crippen LogP contribution in [0.3, 0.4) is 0 Å². The van der Waals surface area contributed by atoms with Crippen LogP contribution in [-0.2, 0) is 0 Å². The van der Waals surface area contributed by atoms with Gasteiger partial charge in [-0.2, -0.15) is 11.8 Å². The predicted molar refractivity (Wildman–Crippen MR) is 91.9 cm³/mol.